The summed E-state index contributed by atoms with van der Waals surface area (Å²) in [5, 5.41) is 11.6. The Labute approximate surface area is 194 Å². The van der Waals surface area contributed by atoms with Crippen molar-refractivity contribution in [2.24, 2.45) is 13.0 Å². The second-order valence-electron chi connectivity index (χ2n) is 8.42. The molecular formula is C24H22FN7O2. The number of alkyl halides is 1. The summed E-state index contributed by atoms with van der Waals surface area (Å²) in [7, 11) is 1.82. The molecule has 10 heteroatoms. The van der Waals surface area contributed by atoms with Gasteiger partial charge in [-0.25, -0.2) is 14.4 Å². The van der Waals surface area contributed by atoms with Gasteiger partial charge in [-0.15, -0.1) is 10.2 Å². The fraction of sp³-hybridized carbons (Fsp3) is 0.292. The molecule has 4 heterocycles. The summed E-state index contributed by atoms with van der Waals surface area (Å²) in [5.74, 6) is -0.163. The summed E-state index contributed by atoms with van der Waals surface area (Å²) in [6.45, 7) is 3.72. The summed E-state index contributed by atoms with van der Waals surface area (Å²) in [6.07, 6.45) is 4.41. The van der Waals surface area contributed by atoms with Crippen molar-refractivity contribution in [2.45, 2.75) is 32.9 Å². The number of halogens is 1. The first-order chi connectivity index (χ1) is 16.4. The number of carbonyl (C=O) groups excluding carboxylic acids is 2. The third-order valence-electron chi connectivity index (χ3n) is 5.93. The molecule has 4 aromatic rings. The minimum Gasteiger partial charge on any atom is -0.315 e. The lowest BCUT2D eigenvalue weighted by Gasteiger charge is -2.13. The van der Waals surface area contributed by atoms with E-state index >= 15 is 0 Å². The van der Waals surface area contributed by atoms with E-state index in [-0.39, 0.29) is 18.1 Å². The van der Waals surface area contributed by atoms with Crippen molar-refractivity contribution in [3.63, 3.8) is 0 Å². The lowest BCUT2D eigenvalue weighted by atomic mass is 9.98. The van der Waals surface area contributed by atoms with Crippen LogP contribution in [0.15, 0.2) is 36.9 Å². The number of aryl methyl sites for hydroxylation is 2. The number of fused-ring (bicyclic) bond motifs is 1. The molecule has 1 saturated carbocycles. The van der Waals surface area contributed by atoms with E-state index in [0.29, 0.717) is 35.0 Å². The highest BCUT2D eigenvalue weighted by Crippen LogP contribution is 2.36. The second-order valence-corrected chi connectivity index (χ2v) is 8.42. The van der Waals surface area contributed by atoms with E-state index < -0.39 is 12.1 Å². The van der Waals surface area contributed by atoms with Gasteiger partial charge in [0.05, 0.1) is 11.4 Å². The molecule has 0 bridgehead atoms. The monoisotopic (exact) mass is 459 g/mol. The van der Waals surface area contributed by atoms with E-state index in [9.17, 15) is 14.0 Å². The van der Waals surface area contributed by atoms with Gasteiger partial charge < -0.3 is 9.88 Å². The number of carbonyl (C=O) groups is 2. The maximum atomic E-state index is 13.2. The smallest absolute Gasteiger partial charge is 0.231 e. The van der Waals surface area contributed by atoms with E-state index in [0.717, 1.165) is 22.1 Å². The number of nitrogens with one attached hydrogen (secondary N) is 1. The predicted molar refractivity (Wildman–Crippen MR) is 124 cm³/mol. The summed E-state index contributed by atoms with van der Waals surface area (Å²) >= 11 is 0. The minimum absolute atomic E-state index is 0.0242. The Balaban J connectivity index is 1.62. The molecule has 5 rings (SSSR count). The average molecular weight is 459 g/mol. The third-order valence-corrected chi connectivity index (χ3v) is 5.93. The standard InChI is InChI=1S/C24H22FN7O2/c1-4-20(33)19-5-12(2)16(10-26-19)14-6-13-9-27-21(30-24(34)15-7-17(15)25)8-18(13)29-22(14)23-31-28-11-32(23)3/h5-6,8-11,15,17H,4,7H2,1-3H3,(H,27,30,34)/t15-,17+/m0/s1. The molecular weight excluding hydrogens is 437 g/mol. The van der Waals surface area contributed by atoms with Crippen LogP contribution in [0.25, 0.3) is 33.5 Å². The molecule has 172 valence electrons. The topological polar surface area (TPSA) is 116 Å². The SMILES string of the molecule is CCC(=O)c1cc(C)c(-c2cc3cnc(NC(=O)[C@H]4C[C@H]4F)cc3nc2-c2nncn2C)cn1. The van der Waals surface area contributed by atoms with Gasteiger partial charge in [0.2, 0.25) is 5.91 Å². The van der Waals surface area contributed by atoms with Crippen LogP contribution in [-0.4, -0.2) is 47.6 Å². The molecule has 1 aliphatic rings. The van der Waals surface area contributed by atoms with Gasteiger partial charge in [-0.1, -0.05) is 6.92 Å². The zero-order chi connectivity index (χ0) is 24.0. The Bertz CT molecular complexity index is 1450. The Kier molecular flexibility index (Phi) is 5.35. The number of Topliss-reactive ketones (excluding diaryl/α,β-unsaturated/α-hetero) is 1. The van der Waals surface area contributed by atoms with E-state index in [2.05, 4.69) is 25.5 Å². The molecule has 0 radical (unpaired) electrons. The molecule has 1 fully saturated rings. The van der Waals surface area contributed by atoms with E-state index in [4.69, 9.17) is 4.98 Å². The van der Waals surface area contributed by atoms with Crippen molar-refractivity contribution in [1.82, 2.24) is 29.7 Å². The van der Waals surface area contributed by atoms with Crippen LogP contribution < -0.4 is 5.32 Å². The highest BCUT2D eigenvalue weighted by Gasteiger charge is 2.43. The van der Waals surface area contributed by atoms with Crippen LogP contribution in [0.3, 0.4) is 0 Å². The van der Waals surface area contributed by atoms with Crippen molar-refractivity contribution < 1.29 is 14.0 Å². The number of hydrogen-bond donors (Lipinski definition) is 1. The number of rotatable bonds is 6. The Hall–Kier alpha value is -4.08. The number of anilines is 1. The highest BCUT2D eigenvalue weighted by molar-refractivity contribution is 5.97. The van der Waals surface area contributed by atoms with Crippen LogP contribution >= 0.6 is 0 Å². The van der Waals surface area contributed by atoms with E-state index in [1.807, 2.05) is 20.0 Å². The molecule has 0 aromatic carbocycles. The summed E-state index contributed by atoms with van der Waals surface area (Å²) in [5.41, 5.74) is 4.02. The maximum Gasteiger partial charge on any atom is 0.231 e. The van der Waals surface area contributed by atoms with Gasteiger partial charge in [-0.2, -0.15) is 0 Å². The third kappa shape index (κ3) is 3.91. The molecule has 2 atom stereocenters. The van der Waals surface area contributed by atoms with Gasteiger partial charge >= 0.3 is 0 Å². The van der Waals surface area contributed by atoms with Crippen molar-refractivity contribution in [3.05, 3.63) is 48.2 Å². The fourth-order valence-electron chi connectivity index (χ4n) is 3.84. The van der Waals surface area contributed by atoms with Crippen LogP contribution in [0.4, 0.5) is 10.2 Å². The molecule has 0 aliphatic heterocycles. The molecule has 34 heavy (non-hydrogen) atoms. The van der Waals surface area contributed by atoms with Crippen LogP contribution in [-0.2, 0) is 11.8 Å². The minimum atomic E-state index is -1.08. The summed E-state index contributed by atoms with van der Waals surface area (Å²) < 4.78 is 15.0. The van der Waals surface area contributed by atoms with Crippen molar-refractivity contribution >= 4 is 28.4 Å². The lowest BCUT2D eigenvalue weighted by Crippen LogP contribution is -2.15. The highest BCUT2D eigenvalue weighted by atomic mass is 19.1. The van der Waals surface area contributed by atoms with Gasteiger partial charge in [0, 0.05) is 48.4 Å². The van der Waals surface area contributed by atoms with Gasteiger partial charge in [0.15, 0.2) is 11.6 Å². The van der Waals surface area contributed by atoms with Gasteiger partial charge in [0.1, 0.15) is 29.7 Å². The quantitative estimate of drug-likeness (QED) is 0.437. The lowest BCUT2D eigenvalue weighted by molar-refractivity contribution is -0.117. The van der Waals surface area contributed by atoms with E-state index in [1.165, 1.54) is 0 Å². The molecule has 1 amide bonds. The first kappa shape index (κ1) is 21.7. The number of amides is 1. The van der Waals surface area contributed by atoms with Crippen molar-refractivity contribution in [2.75, 3.05) is 5.32 Å². The number of pyridine rings is 3. The molecule has 1 aliphatic carbocycles. The van der Waals surface area contributed by atoms with Crippen molar-refractivity contribution in [1.29, 1.82) is 0 Å². The average Bonchev–Trinajstić information content (AvgIpc) is 3.42. The van der Waals surface area contributed by atoms with Gasteiger partial charge in [-0.3, -0.25) is 14.6 Å². The number of hydrogen-bond acceptors (Lipinski definition) is 7. The van der Waals surface area contributed by atoms with E-state index in [1.54, 1.807) is 42.3 Å². The predicted octanol–water partition coefficient (Wildman–Crippen LogP) is 3.68. The summed E-state index contributed by atoms with van der Waals surface area (Å²) in [4.78, 5) is 37.7. The molecule has 4 aromatic heterocycles. The zero-order valence-electron chi connectivity index (χ0n) is 18.9. The molecule has 0 unspecified atom stereocenters. The van der Waals surface area contributed by atoms with Crippen LogP contribution in [0, 0.1) is 12.8 Å². The number of ketones is 1. The van der Waals surface area contributed by atoms with Gasteiger partial charge in [0.25, 0.3) is 0 Å². The molecule has 9 nitrogen and oxygen atoms in total. The fourth-order valence-corrected chi connectivity index (χ4v) is 3.84. The van der Waals surface area contributed by atoms with Crippen LogP contribution in [0.2, 0.25) is 0 Å². The maximum absolute atomic E-state index is 13.2. The Morgan fingerprint density at radius 2 is 1.97 bits per heavy atom. The Morgan fingerprint density at radius 1 is 1.18 bits per heavy atom. The Morgan fingerprint density at radius 3 is 2.62 bits per heavy atom. The van der Waals surface area contributed by atoms with Crippen molar-refractivity contribution in [3.8, 4) is 22.6 Å². The molecule has 1 N–H and O–H groups in total. The first-order valence-electron chi connectivity index (χ1n) is 11.0. The molecule has 0 saturated heterocycles. The number of nitrogens with zero attached hydrogens (tertiary/aromatic N) is 6. The van der Waals surface area contributed by atoms with Crippen LogP contribution in [0.1, 0.15) is 35.8 Å². The normalized spacial score (nSPS) is 17.1. The first-order valence-corrected chi connectivity index (χ1v) is 11.0. The molecule has 0 spiro atoms. The summed E-state index contributed by atoms with van der Waals surface area (Å²) in [6, 6.07) is 5.36. The van der Waals surface area contributed by atoms with Crippen LogP contribution in [0.5, 0.6) is 0 Å². The number of aromatic nitrogens is 6. The second kappa shape index (κ2) is 8.36. The zero-order valence-corrected chi connectivity index (χ0v) is 18.9. The largest absolute Gasteiger partial charge is 0.315 e. The van der Waals surface area contributed by atoms with Gasteiger partial charge in [-0.05, 0) is 31.0 Å².